The van der Waals surface area contributed by atoms with Gasteiger partial charge in [0.15, 0.2) is 0 Å². The van der Waals surface area contributed by atoms with Crippen LogP contribution in [0.15, 0.2) is 29.2 Å². The van der Waals surface area contributed by atoms with E-state index in [1.54, 1.807) is 12.1 Å². The molecule has 0 aromatic heterocycles. The molecule has 1 aromatic carbocycles. The summed E-state index contributed by atoms with van der Waals surface area (Å²) in [6.45, 7) is 3.24. The number of hydrogen-bond acceptors (Lipinski definition) is 5. The van der Waals surface area contributed by atoms with Crippen LogP contribution in [0.5, 0.6) is 0 Å². The molecule has 1 saturated heterocycles. The molecule has 1 aromatic rings. The number of piperazine rings is 1. The molecule has 1 amide bonds. The van der Waals surface area contributed by atoms with Gasteiger partial charge in [-0.1, -0.05) is 0 Å². The van der Waals surface area contributed by atoms with E-state index >= 15 is 0 Å². The molecule has 0 aliphatic carbocycles. The maximum atomic E-state index is 12.6. The molecule has 1 heterocycles. The molecular weight excluding hydrogens is 292 g/mol. The van der Waals surface area contributed by atoms with Gasteiger partial charge < -0.3 is 16.4 Å². The normalized spacial score (nSPS) is 20.2. The van der Waals surface area contributed by atoms with Gasteiger partial charge in [0.2, 0.25) is 15.9 Å². The van der Waals surface area contributed by atoms with Gasteiger partial charge in [-0.15, -0.1) is 0 Å². The number of nitrogens with two attached hydrogens (primary N) is 1. The number of amides is 1. The lowest BCUT2D eigenvalue weighted by molar-refractivity contribution is -0.114. The van der Waals surface area contributed by atoms with Gasteiger partial charge in [0.1, 0.15) is 0 Å². The number of sulfonamides is 1. The van der Waals surface area contributed by atoms with Crippen molar-refractivity contribution in [2.45, 2.75) is 17.9 Å². The van der Waals surface area contributed by atoms with Crippen molar-refractivity contribution >= 4 is 21.6 Å². The SMILES string of the molecule is CC(=O)Nc1ccc(S(=O)(=O)N2CCNCC2CN)cc1. The highest BCUT2D eigenvalue weighted by Gasteiger charge is 2.32. The van der Waals surface area contributed by atoms with Crippen molar-refractivity contribution in [3.05, 3.63) is 24.3 Å². The van der Waals surface area contributed by atoms with Crippen LogP contribution >= 0.6 is 0 Å². The van der Waals surface area contributed by atoms with Crippen molar-refractivity contribution in [3.63, 3.8) is 0 Å². The van der Waals surface area contributed by atoms with Crippen LogP contribution in [-0.2, 0) is 14.8 Å². The smallest absolute Gasteiger partial charge is 0.243 e. The zero-order chi connectivity index (χ0) is 15.5. The summed E-state index contributed by atoms with van der Waals surface area (Å²) >= 11 is 0. The average molecular weight is 312 g/mol. The van der Waals surface area contributed by atoms with E-state index in [-0.39, 0.29) is 23.4 Å². The number of rotatable bonds is 4. The first-order valence-corrected chi connectivity index (χ1v) is 8.19. The Hall–Kier alpha value is -1.48. The molecule has 4 N–H and O–H groups in total. The van der Waals surface area contributed by atoms with E-state index in [0.717, 1.165) is 0 Å². The van der Waals surface area contributed by atoms with E-state index in [1.807, 2.05) is 0 Å². The van der Waals surface area contributed by atoms with Crippen LogP contribution < -0.4 is 16.4 Å². The van der Waals surface area contributed by atoms with Crippen LogP contribution in [0.4, 0.5) is 5.69 Å². The minimum Gasteiger partial charge on any atom is -0.329 e. The molecular formula is C13H20N4O3S. The lowest BCUT2D eigenvalue weighted by Gasteiger charge is -2.34. The number of nitrogens with one attached hydrogen (secondary N) is 2. The molecule has 116 valence electrons. The predicted molar refractivity (Wildman–Crippen MR) is 80.3 cm³/mol. The first-order valence-electron chi connectivity index (χ1n) is 6.75. The van der Waals surface area contributed by atoms with Crippen molar-refractivity contribution < 1.29 is 13.2 Å². The van der Waals surface area contributed by atoms with Crippen LogP contribution in [0.2, 0.25) is 0 Å². The lowest BCUT2D eigenvalue weighted by Crippen LogP contribution is -2.56. The fourth-order valence-electron chi connectivity index (χ4n) is 2.31. The van der Waals surface area contributed by atoms with E-state index in [2.05, 4.69) is 10.6 Å². The van der Waals surface area contributed by atoms with E-state index in [0.29, 0.717) is 25.3 Å². The molecule has 0 bridgehead atoms. The van der Waals surface area contributed by atoms with Crippen molar-refractivity contribution in [1.29, 1.82) is 0 Å². The van der Waals surface area contributed by atoms with Gasteiger partial charge in [0.05, 0.1) is 4.90 Å². The minimum atomic E-state index is -3.57. The first kappa shape index (κ1) is 15.9. The average Bonchev–Trinajstić information content (AvgIpc) is 2.47. The monoisotopic (exact) mass is 312 g/mol. The fraction of sp³-hybridized carbons (Fsp3) is 0.462. The predicted octanol–water partition coefficient (Wildman–Crippen LogP) is -0.434. The zero-order valence-corrected chi connectivity index (χ0v) is 12.7. The van der Waals surface area contributed by atoms with E-state index in [9.17, 15) is 13.2 Å². The summed E-state index contributed by atoms with van der Waals surface area (Å²) in [6, 6.07) is 5.91. The summed E-state index contributed by atoms with van der Waals surface area (Å²) < 4.78 is 26.7. The molecule has 21 heavy (non-hydrogen) atoms. The van der Waals surface area contributed by atoms with E-state index < -0.39 is 10.0 Å². The highest BCUT2D eigenvalue weighted by molar-refractivity contribution is 7.89. The topological polar surface area (TPSA) is 105 Å². The van der Waals surface area contributed by atoms with Crippen LogP contribution in [0.3, 0.4) is 0 Å². The van der Waals surface area contributed by atoms with Crippen molar-refractivity contribution in [1.82, 2.24) is 9.62 Å². The number of nitrogens with zero attached hydrogens (tertiary/aromatic N) is 1. The van der Waals surface area contributed by atoms with Crippen LogP contribution in [0.1, 0.15) is 6.92 Å². The van der Waals surface area contributed by atoms with Crippen LogP contribution in [0.25, 0.3) is 0 Å². The second-order valence-corrected chi connectivity index (χ2v) is 6.81. The van der Waals surface area contributed by atoms with Gasteiger partial charge in [-0.25, -0.2) is 8.42 Å². The Morgan fingerprint density at radius 1 is 1.43 bits per heavy atom. The van der Waals surface area contributed by atoms with Crippen LogP contribution in [-0.4, -0.2) is 50.9 Å². The van der Waals surface area contributed by atoms with Gasteiger partial charge in [-0.2, -0.15) is 4.31 Å². The number of benzene rings is 1. The second kappa shape index (κ2) is 6.52. The lowest BCUT2D eigenvalue weighted by atomic mass is 10.2. The second-order valence-electron chi connectivity index (χ2n) is 4.91. The van der Waals surface area contributed by atoms with Gasteiger partial charge in [0, 0.05) is 44.8 Å². The third kappa shape index (κ3) is 3.59. The van der Waals surface area contributed by atoms with Gasteiger partial charge >= 0.3 is 0 Å². The Morgan fingerprint density at radius 2 is 2.10 bits per heavy atom. The van der Waals surface area contributed by atoms with Gasteiger partial charge in [-0.3, -0.25) is 4.79 Å². The largest absolute Gasteiger partial charge is 0.329 e. The molecule has 1 aliphatic rings. The Labute approximate surface area is 124 Å². The summed E-state index contributed by atoms with van der Waals surface area (Å²) in [5.41, 5.74) is 6.22. The zero-order valence-electron chi connectivity index (χ0n) is 11.9. The summed E-state index contributed by atoms with van der Waals surface area (Å²) in [5, 5.41) is 5.74. The molecule has 1 fully saturated rings. The Balaban J connectivity index is 2.24. The molecule has 8 heteroatoms. The highest BCUT2D eigenvalue weighted by atomic mass is 32.2. The molecule has 1 atom stereocenters. The van der Waals surface area contributed by atoms with Crippen LogP contribution in [0, 0.1) is 0 Å². The minimum absolute atomic E-state index is 0.198. The molecule has 1 unspecified atom stereocenters. The Morgan fingerprint density at radius 3 is 2.67 bits per heavy atom. The Kier molecular flexibility index (Phi) is 4.94. The summed E-state index contributed by atoms with van der Waals surface area (Å²) in [5.74, 6) is -0.198. The van der Waals surface area contributed by atoms with E-state index in [1.165, 1.54) is 23.4 Å². The first-order chi connectivity index (χ1) is 9.95. The quantitative estimate of drug-likeness (QED) is 0.699. The number of hydrogen-bond donors (Lipinski definition) is 3. The van der Waals surface area contributed by atoms with Gasteiger partial charge in [-0.05, 0) is 24.3 Å². The molecule has 0 radical (unpaired) electrons. The Bertz CT molecular complexity index is 600. The summed E-state index contributed by atoms with van der Waals surface area (Å²) in [6.07, 6.45) is 0. The molecule has 2 rings (SSSR count). The number of carbonyl (C=O) groups is 1. The molecule has 1 aliphatic heterocycles. The van der Waals surface area contributed by atoms with Crippen molar-refractivity contribution in [3.8, 4) is 0 Å². The third-order valence-electron chi connectivity index (χ3n) is 3.35. The summed E-state index contributed by atoms with van der Waals surface area (Å²) in [4.78, 5) is 11.2. The van der Waals surface area contributed by atoms with Crippen molar-refractivity contribution in [2.75, 3.05) is 31.5 Å². The molecule has 0 spiro atoms. The molecule has 7 nitrogen and oxygen atoms in total. The van der Waals surface area contributed by atoms with Gasteiger partial charge in [0.25, 0.3) is 0 Å². The molecule has 0 saturated carbocycles. The van der Waals surface area contributed by atoms with E-state index in [4.69, 9.17) is 5.73 Å². The summed E-state index contributed by atoms with van der Waals surface area (Å²) in [7, 11) is -3.57. The highest BCUT2D eigenvalue weighted by Crippen LogP contribution is 2.21. The maximum absolute atomic E-state index is 12.6. The number of anilines is 1. The number of carbonyl (C=O) groups excluding carboxylic acids is 1. The third-order valence-corrected chi connectivity index (χ3v) is 5.32. The maximum Gasteiger partial charge on any atom is 0.243 e. The van der Waals surface area contributed by atoms with Crippen molar-refractivity contribution in [2.24, 2.45) is 5.73 Å². The standard InChI is InChI=1S/C13H20N4O3S/c1-10(18)16-11-2-4-13(5-3-11)21(19,20)17-7-6-15-9-12(17)8-14/h2-5,12,15H,6-9,14H2,1H3,(H,16,18). The fourth-order valence-corrected chi connectivity index (χ4v) is 3.94.